The van der Waals surface area contributed by atoms with E-state index in [4.69, 9.17) is 28.4 Å². The molecule has 9 heteroatoms. The Kier molecular flexibility index (Phi) is 10.5. The van der Waals surface area contributed by atoms with Crippen molar-refractivity contribution in [1.29, 1.82) is 0 Å². The zero-order valence-corrected chi connectivity index (χ0v) is 28.5. The summed E-state index contributed by atoms with van der Waals surface area (Å²) in [4.78, 5) is 18.0. The van der Waals surface area contributed by atoms with Crippen LogP contribution in [0.15, 0.2) is 42.5 Å². The number of anilines is 1. The van der Waals surface area contributed by atoms with E-state index in [9.17, 15) is 4.79 Å². The van der Waals surface area contributed by atoms with Crippen molar-refractivity contribution in [2.75, 3.05) is 74.2 Å². The molecular formula is C37H48N2O7. The minimum atomic E-state index is -0.292. The number of benzene rings is 3. The fourth-order valence-corrected chi connectivity index (χ4v) is 7.05. The molecule has 248 valence electrons. The highest BCUT2D eigenvalue weighted by atomic mass is 16.5. The van der Waals surface area contributed by atoms with Crippen molar-refractivity contribution in [3.8, 4) is 34.5 Å². The second-order valence-electron chi connectivity index (χ2n) is 12.5. The van der Waals surface area contributed by atoms with E-state index in [1.165, 1.54) is 12.8 Å². The number of carbonyl (C=O) groups excluding carboxylic acids is 1. The molecule has 9 nitrogen and oxygen atoms in total. The Morgan fingerprint density at radius 1 is 0.891 bits per heavy atom. The number of carbonyl (C=O) groups is 1. The van der Waals surface area contributed by atoms with Crippen molar-refractivity contribution in [2.45, 2.75) is 44.4 Å². The van der Waals surface area contributed by atoms with Crippen LogP contribution in [0.1, 0.15) is 66.7 Å². The van der Waals surface area contributed by atoms with E-state index in [2.05, 4.69) is 41.0 Å². The van der Waals surface area contributed by atoms with Gasteiger partial charge in [-0.2, -0.15) is 0 Å². The van der Waals surface area contributed by atoms with Gasteiger partial charge in [0.1, 0.15) is 17.2 Å². The Balaban J connectivity index is 1.72. The molecule has 1 saturated heterocycles. The van der Waals surface area contributed by atoms with Crippen molar-refractivity contribution < 1.29 is 33.2 Å². The van der Waals surface area contributed by atoms with Crippen LogP contribution in [0, 0.1) is 5.92 Å². The average molecular weight is 633 g/mol. The molecule has 0 bridgehead atoms. The predicted molar refractivity (Wildman–Crippen MR) is 180 cm³/mol. The summed E-state index contributed by atoms with van der Waals surface area (Å²) in [5, 5.41) is 0. The SMILES string of the molecule is COc1cc([C@@H](CCN2CCC[C@H](C)C2)c2c(OC)cc(OC)c3c2OC(=O)C[C@@H]3c2ccc(N(C)C)cc2)cc(OC)c1OC. The molecule has 0 aromatic heterocycles. The van der Waals surface area contributed by atoms with E-state index >= 15 is 0 Å². The first-order valence-electron chi connectivity index (χ1n) is 16.0. The summed E-state index contributed by atoms with van der Waals surface area (Å²) >= 11 is 0. The first-order valence-corrected chi connectivity index (χ1v) is 16.0. The Hall–Kier alpha value is -4.11. The van der Waals surface area contributed by atoms with Gasteiger partial charge in [0.2, 0.25) is 5.75 Å². The van der Waals surface area contributed by atoms with Crippen LogP contribution in [0.4, 0.5) is 5.69 Å². The van der Waals surface area contributed by atoms with Gasteiger partial charge in [-0.15, -0.1) is 0 Å². The molecule has 2 aliphatic rings. The van der Waals surface area contributed by atoms with Gasteiger partial charge in [0.05, 0.1) is 42.0 Å². The maximum absolute atomic E-state index is 13.4. The molecule has 0 saturated carbocycles. The van der Waals surface area contributed by atoms with Crippen LogP contribution in [0.2, 0.25) is 0 Å². The topological polar surface area (TPSA) is 78.9 Å². The number of rotatable bonds is 12. The largest absolute Gasteiger partial charge is 0.496 e. The first kappa shape index (κ1) is 33.3. The molecule has 5 rings (SSSR count). The normalized spacial score (nSPS) is 18.7. The minimum Gasteiger partial charge on any atom is -0.496 e. The zero-order chi connectivity index (χ0) is 33.0. The monoisotopic (exact) mass is 632 g/mol. The number of piperidine rings is 1. The lowest BCUT2D eigenvalue weighted by atomic mass is 9.79. The van der Waals surface area contributed by atoms with Crippen molar-refractivity contribution in [2.24, 2.45) is 5.92 Å². The zero-order valence-electron chi connectivity index (χ0n) is 28.5. The quantitative estimate of drug-likeness (QED) is 0.164. The number of esters is 1. The van der Waals surface area contributed by atoms with Gasteiger partial charge < -0.3 is 38.2 Å². The summed E-state index contributed by atoms with van der Waals surface area (Å²) in [6.45, 7) is 5.29. The number of methoxy groups -OCH3 is 5. The smallest absolute Gasteiger partial charge is 0.312 e. The summed E-state index contributed by atoms with van der Waals surface area (Å²) in [6, 6.07) is 14.2. The minimum absolute atomic E-state index is 0.205. The Morgan fingerprint density at radius 2 is 1.54 bits per heavy atom. The number of nitrogens with zero attached hydrogens (tertiary/aromatic N) is 2. The lowest BCUT2D eigenvalue weighted by molar-refractivity contribution is -0.135. The lowest BCUT2D eigenvalue weighted by Crippen LogP contribution is -2.35. The van der Waals surface area contributed by atoms with E-state index < -0.39 is 0 Å². The molecule has 3 aromatic rings. The molecule has 0 N–H and O–H groups in total. The molecule has 46 heavy (non-hydrogen) atoms. The van der Waals surface area contributed by atoms with Crippen LogP contribution in [0.25, 0.3) is 0 Å². The highest BCUT2D eigenvalue weighted by molar-refractivity contribution is 5.81. The number of likely N-dealkylation sites (tertiary alicyclic amines) is 1. The van der Waals surface area contributed by atoms with Crippen molar-refractivity contribution >= 4 is 11.7 Å². The molecule has 0 unspecified atom stereocenters. The Labute approximate surface area is 273 Å². The van der Waals surface area contributed by atoms with Gasteiger partial charge in [0.25, 0.3) is 0 Å². The molecule has 0 spiro atoms. The second kappa shape index (κ2) is 14.5. The molecule has 3 aromatic carbocycles. The molecule has 0 aliphatic carbocycles. The first-order chi connectivity index (χ1) is 22.2. The van der Waals surface area contributed by atoms with Gasteiger partial charge in [-0.05, 0) is 73.7 Å². The van der Waals surface area contributed by atoms with E-state index in [0.29, 0.717) is 40.4 Å². The number of hydrogen-bond acceptors (Lipinski definition) is 9. The Bertz CT molecular complexity index is 1500. The van der Waals surface area contributed by atoms with Crippen molar-refractivity contribution in [1.82, 2.24) is 4.90 Å². The summed E-state index contributed by atoms with van der Waals surface area (Å²) < 4.78 is 35.5. The van der Waals surface area contributed by atoms with Gasteiger partial charge in [0, 0.05) is 55.4 Å². The third-order valence-corrected chi connectivity index (χ3v) is 9.38. The van der Waals surface area contributed by atoms with Crippen molar-refractivity contribution in [3.05, 3.63) is 64.7 Å². The van der Waals surface area contributed by atoms with Crippen LogP contribution in [0.5, 0.6) is 34.5 Å². The average Bonchev–Trinajstić information content (AvgIpc) is 3.07. The van der Waals surface area contributed by atoms with Crippen LogP contribution in [-0.2, 0) is 4.79 Å². The number of fused-ring (bicyclic) bond motifs is 1. The second-order valence-corrected chi connectivity index (χ2v) is 12.5. The summed E-state index contributed by atoms with van der Waals surface area (Å²) in [5.41, 5.74) is 4.70. The summed E-state index contributed by atoms with van der Waals surface area (Å²) in [5.74, 6) is 3.23. The number of hydrogen-bond donors (Lipinski definition) is 0. The van der Waals surface area contributed by atoms with Crippen LogP contribution in [0.3, 0.4) is 0 Å². The lowest BCUT2D eigenvalue weighted by Gasteiger charge is -2.34. The van der Waals surface area contributed by atoms with Gasteiger partial charge in [0.15, 0.2) is 11.5 Å². The maximum Gasteiger partial charge on any atom is 0.312 e. The fourth-order valence-electron chi connectivity index (χ4n) is 7.05. The standard InChI is InChI=1S/C37H48N2O7/c1-23-10-9-16-39(22-23)17-15-27(25-18-31(43-6)36(45-8)32(19-25)44-7)34-29(41-4)21-30(42-5)35-28(20-33(40)46-37(34)35)24-11-13-26(14-12-24)38(2)3/h11-14,18-19,21,23,27-28H,9-10,15-17,20,22H2,1-8H3/t23-,27+,28+/m0/s1. The molecule has 3 atom stereocenters. The molecular weight excluding hydrogens is 584 g/mol. The maximum atomic E-state index is 13.4. The third kappa shape index (κ3) is 6.70. The van der Waals surface area contributed by atoms with Crippen LogP contribution < -0.4 is 33.3 Å². The van der Waals surface area contributed by atoms with Crippen LogP contribution >= 0.6 is 0 Å². The van der Waals surface area contributed by atoms with E-state index in [1.54, 1.807) is 35.5 Å². The highest BCUT2D eigenvalue weighted by Gasteiger charge is 2.38. The predicted octanol–water partition coefficient (Wildman–Crippen LogP) is 6.49. The molecule has 1 fully saturated rings. The van der Waals surface area contributed by atoms with Crippen LogP contribution in [-0.4, -0.2) is 80.1 Å². The molecule has 0 radical (unpaired) electrons. The highest BCUT2D eigenvalue weighted by Crippen LogP contribution is 2.54. The summed E-state index contributed by atoms with van der Waals surface area (Å²) in [6.07, 6.45) is 3.39. The molecule has 2 heterocycles. The van der Waals surface area contributed by atoms with Crippen molar-refractivity contribution in [3.63, 3.8) is 0 Å². The third-order valence-electron chi connectivity index (χ3n) is 9.38. The van der Waals surface area contributed by atoms with Gasteiger partial charge >= 0.3 is 5.97 Å². The van der Waals surface area contributed by atoms with E-state index in [-0.39, 0.29) is 24.2 Å². The van der Waals surface area contributed by atoms with E-state index in [0.717, 1.165) is 54.0 Å². The fraction of sp³-hybridized carbons (Fsp3) is 0.486. The van der Waals surface area contributed by atoms with E-state index in [1.807, 2.05) is 32.3 Å². The van der Waals surface area contributed by atoms with Gasteiger partial charge in [-0.3, -0.25) is 4.79 Å². The number of ether oxygens (including phenoxy) is 6. The summed E-state index contributed by atoms with van der Waals surface area (Å²) in [7, 11) is 12.2. The molecule has 2 aliphatic heterocycles. The van der Waals surface area contributed by atoms with Gasteiger partial charge in [-0.1, -0.05) is 19.1 Å². The van der Waals surface area contributed by atoms with Gasteiger partial charge in [-0.25, -0.2) is 0 Å². The molecule has 0 amide bonds. The Morgan fingerprint density at radius 3 is 2.11 bits per heavy atom.